The van der Waals surface area contributed by atoms with Crippen LogP contribution in [-0.4, -0.2) is 28.0 Å². The van der Waals surface area contributed by atoms with Gasteiger partial charge in [0.2, 0.25) is 0 Å². The van der Waals surface area contributed by atoms with Gasteiger partial charge >= 0.3 is 5.97 Å². The van der Waals surface area contributed by atoms with Gasteiger partial charge in [0.15, 0.2) is 8.32 Å². The van der Waals surface area contributed by atoms with E-state index in [9.17, 15) is 4.79 Å². The van der Waals surface area contributed by atoms with Gasteiger partial charge in [0, 0.05) is 23.4 Å². The molecule has 0 amide bonds. The minimum Gasteiger partial charge on any atom is -0.465 e. The summed E-state index contributed by atoms with van der Waals surface area (Å²) in [6.45, 7) is 12.0. The van der Waals surface area contributed by atoms with Gasteiger partial charge < -0.3 is 14.9 Å². The zero-order chi connectivity index (χ0) is 21.7. The van der Waals surface area contributed by atoms with Gasteiger partial charge in [-0.25, -0.2) is 4.79 Å². The highest BCUT2D eigenvalue weighted by molar-refractivity contribution is 6.74. The van der Waals surface area contributed by atoms with E-state index in [1.165, 1.54) is 12.7 Å². The number of methoxy groups -OCH3 is 1. The molecular weight excluding hydrogens is 378 g/mol. The molecule has 5 heteroatoms. The number of anilines is 1. The molecule has 0 saturated heterocycles. The SMILES string of the molecule is COC(=O)c1ccc(N)c(C#Cc2ccc(CCO[Si](C)(C)C(C)(C)C)cc2)c1. The summed E-state index contributed by atoms with van der Waals surface area (Å²) < 4.78 is 11.0. The molecule has 0 heterocycles. The van der Waals surface area contributed by atoms with Crippen molar-refractivity contribution in [2.45, 2.75) is 45.3 Å². The van der Waals surface area contributed by atoms with Crippen molar-refractivity contribution in [1.29, 1.82) is 0 Å². The summed E-state index contributed by atoms with van der Waals surface area (Å²) in [5.74, 6) is 5.75. The summed E-state index contributed by atoms with van der Waals surface area (Å²) in [5, 5.41) is 0.222. The van der Waals surface area contributed by atoms with E-state index in [0.29, 0.717) is 16.8 Å². The maximum Gasteiger partial charge on any atom is 0.337 e. The van der Waals surface area contributed by atoms with Gasteiger partial charge in [0.05, 0.1) is 12.7 Å². The number of ether oxygens (including phenoxy) is 1. The first-order valence-electron chi connectivity index (χ1n) is 9.76. The highest BCUT2D eigenvalue weighted by atomic mass is 28.4. The van der Waals surface area contributed by atoms with Gasteiger partial charge in [-0.1, -0.05) is 44.7 Å². The first-order chi connectivity index (χ1) is 13.5. The van der Waals surface area contributed by atoms with Crippen LogP contribution >= 0.6 is 0 Å². The Hall–Kier alpha value is -2.55. The van der Waals surface area contributed by atoms with E-state index in [4.69, 9.17) is 14.9 Å². The highest BCUT2D eigenvalue weighted by Gasteiger charge is 2.36. The van der Waals surface area contributed by atoms with E-state index in [1.807, 2.05) is 12.1 Å². The van der Waals surface area contributed by atoms with Crippen LogP contribution in [0.25, 0.3) is 0 Å². The van der Waals surface area contributed by atoms with Gasteiger partial charge in [-0.15, -0.1) is 0 Å². The van der Waals surface area contributed by atoms with Crippen molar-refractivity contribution in [3.05, 3.63) is 64.7 Å². The largest absolute Gasteiger partial charge is 0.465 e. The maximum absolute atomic E-state index is 11.7. The molecule has 0 aliphatic carbocycles. The minimum atomic E-state index is -1.71. The fourth-order valence-electron chi connectivity index (χ4n) is 2.44. The quantitative estimate of drug-likeness (QED) is 0.326. The molecule has 2 aromatic carbocycles. The minimum absolute atomic E-state index is 0.222. The van der Waals surface area contributed by atoms with Crippen molar-refractivity contribution in [2.75, 3.05) is 19.5 Å². The molecule has 29 heavy (non-hydrogen) atoms. The van der Waals surface area contributed by atoms with Crippen LogP contribution in [0.15, 0.2) is 42.5 Å². The number of nitrogen functional groups attached to an aromatic ring is 1. The van der Waals surface area contributed by atoms with Crippen LogP contribution in [-0.2, 0) is 15.6 Å². The van der Waals surface area contributed by atoms with E-state index in [1.54, 1.807) is 18.2 Å². The maximum atomic E-state index is 11.7. The lowest BCUT2D eigenvalue weighted by Crippen LogP contribution is -2.41. The summed E-state index contributed by atoms with van der Waals surface area (Å²) in [5.41, 5.74) is 9.67. The number of hydrogen-bond donors (Lipinski definition) is 1. The van der Waals surface area contributed by atoms with Crippen LogP contribution in [0.4, 0.5) is 5.69 Å². The molecule has 0 aliphatic heterocycles. The number of esters is 1. The van der Waals surface area contributed by atoms with E-state index in [2.05, 4.69) is 57.8 Å². The molecule has 0 aliphatic rings. The normalized spacial score (nSPS) is 11.5. The Labute approximate surface area is 175 Å². The monoisotopic (exact) mass is 409 g/mol. The fraction of sp³-hybridized carbons (Fsp3) is 0.375. The Morgan fingerprint density at radius 1 is 1.07 bits per heavy atom. The predicted octanol–water partition coefficient (Wildman–Crippen LogP) is 5.02. The Balaban J connectivity index is 2.03. The standard InChI is InChI=1S/C24H31NO3Si/c1-24(2,3)29(5,6)28-16-15-19-9-7-18(8-10-19)11-12-20-17-21(23(26)27-4)13-14-22(20)25/h7-10,13-14,17H,15-16,25H2,1-6H3. The lowest BCUT2D eigenvalue weighted by atomic mass is 10.1. The molecule has 0 bridgehead atoms. The zero-order valence-electron chi connectivity index (χ0n) is 18.3. The summed E-state index contributed by atoms with van der Waals surface area (Å²) in [6, 6.07) is 13.1. The van der Waals surface area contributed by atoms with Crippen LogP contribution < -0.4 is 5.73 Å². The number of carbonyl (C=O) groups is 1. The first kappa shape index (κ1) is 22.7. The van der Waals surface area contributed by atoms with E-state index < -0.39 is 14.3 Å². The average molecular weight is 410 g/mol. The Morgan fingerprint density at radius 3 is 2.31 bits per heavy atom. The molecule has 2 rings (SSSR count). The molecule has 4 nitrogen and oxygen atoms in total. The summed E-state index contributed by atoms with van der Waals surface area (Å²) >= 11 is 0. The van der Waals surface area contributed by atoms with Crippen LogP contribution in [0.1, 0.15) is 47.8 Å². The van der Waals surface area contributed by atoms with Crippen LogP contribution in [0.3, 0.4) is 0 Å². The molecule has 0 atom stereocenters. The van der Waals surface area contributed by atoms with Crippen LogP contribution in [0.5, 0.6) is 0 Å². The topological polar surface area (TPSA) is 61.5 Å². The Morgan fingerprint density at radius 2 is 1.72 bits per heavy atom. The smallest absolute Gasteiger partial charge is 0.337 e. The van der Waals surface area contributed by atoms with E-state index in [0.717, 1.165) is 18.6 Å². The third-order valence-electron chi connectivity index (χ3n) is 5.43. The van der Waals surface area contributed by atoms with Gasteiger partial charge in [-0.2, -0.15) is 0 Å². The summed E-state index contributed by atoms with van der Waals surface area (Å²) in [7, 11) is -0.358. The van der Waals surface area contributed by atoms with Gasteiger partial charge in [-0.3, -0.25) is 0 Å². The van der Waals surface area contributed by atoms with Crippen molar-refractivity contribution >= 4 is 20.0 Å². The van der Waals surface area contributed by atoms with Gasteiger partial charge in [-0.05, 0) is 60.4 Å². The number of carbonyl (C=O) groups excluding carboxylic acids is 1. The second-order valence-electron chi connectivity index (χ2n) is 8.60. The average Bonchev–Trinajstić information content (AvgIpc) is 2.66. The molecule has 0 radical (unpaired) electrons. The second kappa shape index (κ2) is 9.30. The highest BCUT2D eigenvalue weighted by Crippen LogP contribution is 2.36. The van der Waals surface area contributed by atoms with Crippen LogP contribution in [0.2, 0.25) is 18.1 Å². The van der Waals surface area contributed by atoms with Gasteiger partial charge in [0.25, 0.3) is 0 Å². The molecule has 0 fully saturated rings. The number of rotatable bonds is 5. The fourth-order valence-corrected chi connectivity index (χ4v) is 3.49. The molecule has 0 saturated carbocycles. The zero-order valence-corrected chi connectivity index (χ0v) is 19.3. The van der Waals surface area contributed by atoms with E-state index in [-0.39, 0.29) is 5.04 Å². The van der Waals surface area contributed by atoms with Crippen molar-refractivity contribution in [1.82, 2.24) is 0 Å². The lowest BCUT2D eigenvalue weighted by Gasteiger charge is -2.36. The molecule has 0 aromatic heterocycles. The molecule has 2 aromatic rings. The van der Waals surface area contributed by atoms with Crippen LogP contribution in [0, 0.1) is 11.8 Å². The Kier molecular flexibility index (Phi) is 7.29. The van der Waals surface area contributed by atoms with Crippen molar-refractivity contribution < 1.29 is 14.0 Å². The lowest BCUT2D eigenvalue weighted by molar-refractivity contribution is 0.0600. The number of hydrogen-bond acceptors (Lipinski definition) is 4. The number of nitrogens with two attached hydrogens (primary N) is 1. The predicted molar refractivity (Wildman–Crippen MR) is 121 cm³/mol. The van der Waals surface area contributed by atoms with Crippen molar-refractivity contribution in [3.63, 3.8) is 0 Å². The molecule has 0 spiro atoms. The molecule has 0 unspecified atom stereocenters. The third kappa shape index (κ3) is 6.21. The van der Waals surface area contributed by atoms with Crippen molar-refractivity contribution in [3.8, 4) is 11.8 Å². The summed E-state index contributed by atoms with van der Waals surface area (Å²) in [6.07, 6.45) is 0.883. The number of benzene rings is 2. The third-order valence-corrected chi connectivity index (χ3v) is 9.97. The van der Waals surface area contributed by atoms with Crippen molar-refractivity contribution in [2.24, 2.45) is 0 Å². The van der Waals surface area contributed by atoms with Gasteiger partial charge in [0.1, 0.15) is 0 Å². The molecule has 154 valence electrons. The molecule has 2 N–H and O–H groups in total. The first-order valence-corrected chi connectivity index (χ1v) is 12.7. The summed E-state index contributed by atoms with van der Waals surface area (Å²) in [4.78, 5) is 11.7. The molecular formula is C24H31NO3Si. The van der Waals surface area contributed by atoms with E-state index >= 15 is 0 Å². The Bertz CT molecular complexity index is 916. The second-order valence-corrected chi connectivity index (χ2v) is 13.4.